The van der Waals surface area contributed by atoms with E-state index in [1.54, 1.807) is 14.2 Å². The smallest absolute Gasteiger partial charge is 0.118 e. The minimum atomic E-state index is 0.378. The third-order valence-corrected chi connectivity index (χ3v) is 2.84. The number of nitrogens with one attached hydrogen (secondary N) is 1. The highest BCUT2D eigenvalue weighted by Gasteiger charge is 2.03. The number of methoxy groups -OCH3 is 2. The first-order valence-electron chi connectivity index (χ1n) is 6.14. The molecule has 0 spiro atoms. The quantitative estimate of drug-likeness (QED) is 0.705. The molecule has 0 saturated carbocycles. The maximum Gasteiger partial charge on any atom is 0.118 e. The van der Waals surface area contributed by atoms with Crippen LogP contribution in [0.2, 0.25) is 0 Å². The Kier molecular flexibility index (Phi) is 6.67. The van der Waals surface area contributed by atoms with Crippen LogP contribution in [-0.4, -0.2) is 27.4 Å². The van der Waals surface area contributed by atoms with Crippen molar-refractivity contribution in [1.29, 1.82) is 0 Å². The summed E-state index contributed by atoms with van der Waals surface area (Å²) in [7, 11) is 3.43. The first kappa shape index (κ1) is 14.0. The van der Waals surface area contributed by atoms with E-state index < -0.39 is 0 Å². The van der Waals surface area contributed by atoms with Crippen molar-refractivity contribution in [2.45, 2.75) is 25.8 Å². The third-order valence-electron chi connectivity index (χ3n) is 2.84. The van der Waals surface area contributed by atoms with Gasteiger partial charge in [-0.3, -0.25) is 0 Å². The summed E-state index contributed by atoms with van der Waals surface area (Å²) in [6.07, 6.45) is 2.26. The standard InChI is InChI=1S/C14H23NO2/c1-12(15-10-4-5-11-16-2)13-6-8-14(17-3)9-7-13/h6-9,12,15H,4-5,10-11H2,1-3H3. The fraction of sp³-hybridized carbons (Fsp3) is 0.571. The second kappa shape index (κ2) is 8.09. The van der Waals surface area contributed by atoms with Gasteiger partial charge in [0.1, 0.15) is 5.75 Å². The average molecular weight is 237 g/mol. The summed E-state index contributed by atoms with van der Waals surface area (Å²) in [4.78, 5) is 0. The fourth-order valence-corrected chi connectivity index (χ4v) is 1.70. The van der Waals surface area contributed by atoms with Crippen LogP contribution in [0.1, 0.15) is 31.4 Å². The van der Waals surface area contributed by atoms with Crippen molar-refractivity contribution in [3.05, 3.63) is 29.8 Å². The molecule has 0 amide bonds. The number of rotatable bonds is 8. The van der Waals surface area contributed by atoms with Gasteiger partial charge in [-0.2, -0.15) is 0 Å². The van der Waals surface area contributed by atoms with Crippen molar-refractivity contribution in [3.63, 3.8) is 0 Å². The zero-order chi connectivity index (χ0) is 12.5. The third kappa shape index (κ3) is 5.20. The predicted octanol–water partition coefficient (Wildman–Crippen LogP) is 2.77. The molecule has 1 rings (SSSR count). The summed E-state index contributed by atoms with van der Waals surface area (Å²) >= 11 is 0. The van der Waals surface area contributed by atoms with Crippen LogP contribution in [0.4, 0.5) is 0 Å². The van der Waals surface area contributed by atoms with Gasteiger partial charge in [0, 0.05) is 19.8 Å². The van der Waals surface area contributed by atoms with Gasteiger partial charge >= 0.3 is 0 Å². The SMILES string of the molecule is COCCCCNC(C)c1ccc(OC)cc1. The molecule has 0 aliphatic carbocycles. The molecule has 0 aromatic heterocycles. The molecule has 0 fully saturated rings. The molecule has 1 aromatic carbocycles. The van der Waals surface area contributed by atoms with Crippen molar-refractivity contribution in [1.82, 2.24) is 5.32 Å². The normalized spacial score (nSPS) is 12.4. The molecule has 0 aliphatic rings. The molecule has 0 saturated heterocycles. The first-order valence-corrected chi connectivity index (χ1v) is 6.14. The minimum absolute atomic E-state index is 0.378. The van der Waals surface area contributed by atoms with Crippen molar-refractivity contribution in [2.75, 3.05) is 27.4 Å². The average Bonchev–Trinajstić information content (AvgIpc) is 2.38. The molecule has 1 unspecified atom stereocenters. The van der Waals surface area contributed by atoms with E-state index in [9.17, 15) is 0 Å². The number of benzene rings is 1. The van der Waals surface area contributed by atoms with Gasteiger partial charge in [0.2, 0.25) is 0 Å². The van der Waals surface area contributed by atoms with Gasteiger partial charge in [-0.25, -0.2) is 0 Å². The van der Waals surface area contributed by atoms with Gasteiger partial charge in [-0.15, -0.1) is 0 Å². The first-order chi connectivity index (χ1) is 8.27. The van der Waals surface area contributed by atoms with E-state index in [1.807, 2.05) is 12.1 Å². The summed E-state index contributed by atoms with van der Waals surface area (Å²) in [5, 5.41) is 3.50. The van der Waals surface area contributed by atoms with Crippen LogP contribution in [0.3, 0.4) is 0 Å². The molecule has 0 aliphatic heterocycles. The minimum Gasteiger partial charge on any atom is -0.497 e. The van der Waals surface area contributed by atoms with Gasteiger partial charge in [0.25, 0.3) is 0 Å². The van der Waals surface area contributed by atoms with E-state index in [0.717, 1.165) is 31.7 Å². The van der Waals surface area contributed by atoms with Crippen LogP contribution in [0, 0.1) is 0 Å². The van der Waals surface area contributed by atoms with Gasteiger partial charge in [0.05, 0.1) is 7.11 Å². The Balaban J connectivity index is 2.28. The number of hydrogen-bond acceptors (Lipinski definition) is 3. The summed E-state index contributed by atoms with van der Waals surface area (Å²) < 4.78 is 10.2. The van der Waals surface area contributed by atoms with E-state index in [0.29, 0.717) is 6.04 Å². The highest BCUT2D eigenvalue weighted by atomic mass is 16.5. The Hall–Kier alpha value is -1.06. The molecule has 17 heavy (non-hydrogen) atoms. The molecule has 1 aromatic rings. The van der Waals surface area contributed by atoms with Crippen LogP contribution in [0.15, 0.2) is 24.3 Å². The zero-order valence-electron chi connectivity index (χ0n) is 11.0. The molecule has 3 nitrogen and oxygen atoms in total. The van der Waals surface area contributed by atoms with Crippen LogP contribution >= 0.6 is 0 Å². The van der Waals surface area contributed by atoms with E-state index >= 15 is 0 Å². The van der Waals surface area contributed by atoms with E-state index in [1.165, 1.54) is 5.56 Å². The van der Waals surface area contributed by atoms with Gasteiger partial charge in [-0.05, 0) is 44.0 Å². The van der Waals surface area contributed by atoms with Crippen molar-refractivity contribution in [3.8, 4) is 5.75 Å². The molecule has 0 bridgehead atoms. The Morgan fingerprint density at radius 2 is 1.82 bits per heavy atom. The maximum atomic E-state index is 5.14. The second-order valence-corrected chi connectivity index (χ2v) is 4.15. The number of ether oxygens (including phenoxy) is 2. The number of unbranched alkanes of at least 4 members (excludes halogenated alkanes) is 1. The lowest BCUT2D eigenvalue weighted by atomic mass is 10.1. The largest absolute Gasteiger partial charge is 0.497 e. The van der Waals surface area contributed by atoms with Crippen LogP contribution < -0.4 is 10.1 Å². The lowest BCUT2D eigenvalue weighted by molar-refractivity contribution is 0.192. The Morgan fingerprint density at radius 3 is 2.41 bits per heavy atom. The molecule has 96 valence electrons. The molecule has 0 radical (unpaired) electrons. The lowest BCUT2D eigenvalue weighted by Crippen LogP contribution is -2.20. The Labute approximate surface area is 104 Å². The van der Waals surface area contributed by atoms with Crippen molar-refractivity contribution in [2.24, 2.45) is 0 Å². The molecule has 3 heteroatoms. The molecular weight excluding hydrogens is 214 g/mol. The summed E-state index contributed by atoms with van der Waals surface area (Å²) in [6.45, 7) is 4.05. The zero-order valence-corrected chi connectivity index (χ0v) is 11.0. The maximum absolute atomic E-state index is 5.14. The predicted molar refractivity (Wildman–Crippen MR) is 70.5 cm³/mol. The highest BCUT2D eigenvalue weighted by molar-refractivity contribution is 5.28. The summed E-state index contributed by atoms with van der Waals surface area (Å²) in [6, 6.07) is 8.58. The fourth-order valence-electron chi connectivity index (χ4n) is 1.70. The van der Waals surface area contributed by atoms with Gasteiger partial charge in [0.15, 0.2) is 0 Å². The van der Waals surface area contributed by atoms with Gasteiger partial charge < -0.3 is 14.8 Å². The van der Waals surface area contributed by atoms with Crippen LogP contribution in [0.5, 0.6) is 5.75 Å². The van der Waals surface area contributed by atoms with Crippen LogP contribution in [0.25, 0.3) is 0 Å². The van der Waals surface area contributed by atoms with E-state index in [2.05, 4.69) is 24.4 Å². The molecular formula is C14H23NO2. The number of hydrogen-bond donors (Lipinski definition) is 1. The Bertz CT molecular complexity index is 298. The van der Waals surface area contributed by atoms with Gasteiger partial charge in [-0.1, -0.05) is 12.1 Å². The van der Waals surface area contributed by atoms with Crippen LogP contribution in [-0.2, 0) is 4.74 Å². The monoisotopic (exact) mass is 237 g/mol. The van der Waals surface area contributed by atoms with E-state index in [-0.39, 0.29) is 0 Å². The molecule has 0 heterocycles. The van der Waals surface area contributed by atoms with Crippen molar-refractivity contribution < 1.29 is 9.47 Å². The molecule has 1 atom stereocenters. The Morgan fingerprint density at radius 1 is 1.12 bits per heavy atom. The molecule has 1 N–H and O–H groups in total. The second-order valence-electron chi connectivity index (χ2n) is 4.15. The van der Waals surface area contributed by atoms with Crippen molar-refractivity contribution >= 4 is 0 Å². The lowest BCUT2D eigenvalue weighted by Gasteiger charge is -2.14. The van der Waals surface area contributed by atoms with E-state index in [4.69, 9.17) is 9.47 Å². The highest BCUT2D eigenvalue weighted by Crippen LogP contribution is 2.17. The topological polar surface area (TPSA) is 30.5 Å². The summed E-state index contributed by atoms with van der Waals surface area (Å²) in [5.41, 5.74) is 1.29. The summed E-state index contributed by atoms with van der Waals surface area (Å²) in [5.74, 6) is 0.904.